The van der Waals surface area contributed by atoms with Gasteiger partial charge in [-0.3, -0.25) is 4.79 Å². The third-order valence-corrected chi connectivity index (χ3v) is 2.99. The highest BCUT2D eigenvalue weighted by Crippen LogP contribution is 2.29. The summed E-state index contributed by atoms with van der Waals surface area (Å²) in [5.41, 5.74) is 5.38. The van der Waals surface area contributed by atoms with E-state index in [-0.39, 0.29) is 29.7 Å². The highest BCUT2D eigenvalue weighted by atomic mass is 19.4. The number of aliphatic hydroxyl groups excluding tert-OH is 1. The van der Waals surface area contributed by atoms with Gasteiger partial charge in [0.2, 0.25) is 0 Å². The summed E-state index contributed by atoms with van der Waals surface area (Å²) < 4.78 is 40.0. The monoisotopic (exact) mass is 290 g/mol. The standard InChI is InChI=1S/C12H13F3N2O3/c13-12(14,15)20-10-2-1-8(3-9(10)16)11(19)17-4-7(5-17)6-18/h1-3,7,18H,4-6,16H2. The fraction of sp³-hybridized carbons (Fsp3) is 0.417. The van der Waals surface area contributed by atoms with Gasteiger partial charge in [0.25, 0.3) is 5.91 Å². The smallest absolute Gasteiger partial charge is 0.404 e. The molecule has 1 saturated heterocycles. The summed E-state index contributed by atoms with van der Waals surface area (Å²) in [4.78, 5) is 13.4. The molecule has 0 aromatic heterocycles. The summed E-state index contributed by atoms with van der Waals surface area (Å²) in [7, 11) is 0. The van der Waals surface area contributed by atoms with Crippen LogP contribution in [0, 0.1) is 5.92 Å². The summed E-state index contributed by atoms with van der Waals surface area (Å²) in [6.07, 6.45) is -4.83. The van der Waals surface area contributed by atoms with Crippen molar-refractivity contribution in [3.63, 3.8) is 0 Å². The Kier molecular flexibility index (Phi) is 3.76. The molecule has 5 nitrogen and oxygen atoms in total. The van der Waals surface area contributed by atoms with Gasteiger partial charge in [0.15, 0.2) is 5.75 Å². The summed E-state index contributed by atoms with van der Waals surface area (Å²) in [6, 6.07) is 3.39. The highest BCUT2D eigenvalue weighted by Gasteiger charge is 2.33. The fourth-order valence-electron chi connectivity index (χ4n) is 1.93. The maximum absolute atomic E-state index is 12.1. The second kappa shape index (κ2) is 5.20. The van der Waals surface area contributed by atoms with E-state index in [1.165, 1.54) is 11.0 Å². The van der Waals surface area contributed by atoms with Gasteiger partial charge in [-0.25, -0.2) is 0 Å². The SMILES string of the molecule is Nc1cc(C(=O)N2CC(CO)C2)ccc1OC(F)(F)F. The van der Waals surface area contributed by atoms with Crippen molar-refractivity contribution in [1.29, 1.82) is 0 Å². The number of hydrogen-bond acceptors (Lipinski definition) is 4. The van der Waals surface area contributed by atoms with E-state index in [9.17, 15) is 18.0 Å². The topological polar surface area (TPSA) is 75.8 Å². The first-order chi connectivity index (χ1) is 9.30. The van der Waals surface area contributed by atoms with Gasteiger partial charge in [0.1, 0.15) is 0 Å². The lowest BCUT2D eigenvalue weighted by atomic mass is 10.00. The number of alkyl halides is 3. The van der Waals surface area contributed by atoms with Gasteiger partial charge >= 0.3 is 6.36 Å². The van der Waals surface area contributed by atoms with E-state index in [4.69, 9.17) is 10.8 Å². The van der Waals surface area contributed by atoms with Crippen LogP contribution in [0.25, 0.3) is 0 Å². The highest BCUT2D eigenvalue weighted by molar-refractivity contribution is 5.96. The van der Waals surface area contributed by atoms with Crippen molar-refractivity contribution in [2.75, 3.05) is 25.4 Å². The maximum Gasteiger partial charge on any atom is 0.573 e. The lowest BCUT2D eigenvalue weighted by molar-refractivity contribution is -0.274. The average Bonchev–Trinajstić information content (AvgIpc) is 2.28. The number of anilines is 1. The number of ether oxygens (including phenoxy) is 1. The van der Waals surface area contributed by atoms with Crippen LogP contribution >= 0.6 is 0 Å². The van der Waals surface area contributed by atoms with Crippen LogP contribution in [0.4, 0.5) is 18.9 Å². The van der Waals surface area contributed by atoms with Crippen molar-refractivity contribution in [3.05, 3.63) is 23.8 Å². The molecule has 1 aliphatic rings. The molecule has 0 unspecified atom stereocenters. The number of rotatable bonds is 3. The first kappa shape index (κ1) is 14.4. The molecular weight excluding hydrogens is 277 g/mol. The largest absolute Gasteiger partial charge is 0.573 e. The molecule has 0 saturated carbocycles. The van der Waals surface area contributed by atoms with Crippen LogP contribution in [-0.4, -0.2) is 42.0 Å². The summed E-state index contributed by atoms with van der Waals surface area (Å²) in [6.45, 7) is 0.858. The molecule has 1 heterocycles. The van der Waals surface area contributed by atoms with Crippen LogP contribution in [0.1, 0.15) is 10.4 Å². The Morgan fingerprint density at radius 3 is 2.60 bits per heavy atom. The van der Waals surface area contributed by atoms with Gasteiger partial charge < -0.3 is 20.5 Å². The van der Waals surface area contributed by atoms with Gasteiger partial charge in [0.05, 0.1) is 5.69 Å². The Bertz CT molecular complexity index is 513. The zero-order valence-electron chi connectivity index (χ0n) is 10.4. The van der Waals surface area contributed by atoms with Crippen LogP contribution in [0.3, 0.4) is 0 Å². The van der Waals surface area contributed by atoms with Gasteiger partial charge in [-0.05, 0) is 18.2 Å². The van der Waals surface area contributed by atoms with E-state index in [0.29, 0.717) is 13.1 Å². The van der Waals surface area contributed by atoms with Crippen LogP contribution in [0.15, 0.2) is 18.2 Å². The first-order valence-corrected chi connectivity index (χ1v) is 5.85. The molecule has 0 spiro atoms. The van der Waals surface area contributed by atoms with E-state index < -0.39 is 12.1 Å². The van der Waals surface area contributed by atoms with E-state index in [2.05, 4.69) is 4.74 Å². The van der Waals surface area contributed by atoms with Gasteiger partial charge in [-0.15, -0.1) is 13.2 Å². The van der Waals surface area contributed by atoms with Crippen LogP contribution in [0.2, 0.25) is 0 Å². The zero-order chi connectivity index (χ0) is 14.9. The molecule has 20 heavy (non-hydrogen) atoms. The van der Waals surface area contributed by atoms with Crippen molar-refractivity contribution in [2.45, 2.75) is 6.36 Å². The molecule has 1 aromatic rings. The molecule has 110 valence electrons. The number of carbonyl (C=O) groups excluding carboxylic acids is 1. The normalized spacial score (nSPS) is 15.9. The molecular formula is C12H13F3N2O3. The molecule has 2 rings (SSSR count). The Hall–Kier alpha value is -1.96. The number of nitrogen functional groups attached to an aromatic ring is 1. The molecule has 0 radical (unpaired) electrons. The average molecular weight is 290 g/mol. The van der Waals surface area contributed by atoms with Crippen LogP contribution in [-0.2, 0) is 0 Å². The summed E-state index contributed by atoms with van der Waals surface area (Å²) in [5.74, 6) is -0.810. The minimum atomic E-state index is -4.83. The number of hydrogen-bond donors (Lipinski definition) is 2. The Morgan fingerprint density at radius 2 is 2.10 bits per heavy atom. The Morgan fingerprint density at radius 1 is 1.45 bits per heavy atom. The predicted molar refractivity (Wildman–Crippen MR) is 64.0 cm³/mol. The molecule has 0 aliphatic carbocycles. The van der Waals surface area contributed by atoms with Crippen molar-refractivity contribution < 1.29 is 27.8 Å². The van der Waals surface area contributed by atoms with E-state index in [1.54, 1.807) is 0 Å². The van der Waals surface area contributed by atoms with Crippen LogP contribution < -0.4 is 10.5 Å². The molecule has 1 fully saturated rings. The number of amides is 1. The quantitative estimate of drug-likeness (QED) is 0.821. The molecule has 0 bridgehead atoms. The molecule has 0 atom stereocenters. The lowest BCUT2D eigenvalue weighted by Gasteiger charge is -2.38. The van der Waals surface area contributed by atoms with Gasteiger partial charge in [-0.1, -0.05) is 0 Å². The van der Waals surface area contributed by atoms with Crippen molar-refractivity contribution >= 4 is 11.6 Å². The Balaban J connectivity index is 2.07. The zero-order valence-corrected chi connectivity index (χ0v) is 10.4. The molecule has 3 N–H and O–H groups in total. The minimum absolute atomic E-state index is 0.00425. The lowest BCUT2D eigenvalue weighted by Crippen LogP contribution is -2.51. The van der Waals surface area contributed by atoms with Gasteiger partial charge in [-0.2, -0.15) is 0 Å². The number of nitrogens with two attached hydrogens (primary N) is 1. The van der Waals surface area contributed by atoms with Crippen molar-refractivity contribution in [2.24, 2.45) is 5.92 Å². The Labute approximate surface area is 112 Å². The maximum atomic E-state index is 12.1. The molecule has 1 aliphatic heterocycles. The summed E-state index contributed by atoms with van der Waals surface area (Å²) >= 11 is 0. The van der Waals surface area contributed by atoms with E-state index in [0.717, 1.165) is 12.1 Å². The van der Waals surface area contributed by atoms with E-state index in [1.807, 2.05) is 0 Å². The number of nitrogens with zero attached hydrogens (tertiary/aromatic N) is 1. The molecule has 1 aromatic carbocycles. The molecule has 8 heteroatoms. The van der Waals surface area contributed by atoms with Crippen molar-refractivity contribution in [3.8, 4) is 5.75 Å². The fourth-order valence-corrected chi connectivity index (χ4v) is 1.93. The van der Waals surface area contributed by atoms with E-state index >= 15 is 0 Å². The van der Waals surface area contributed by atoms with Gasteiger partial charge in [0, 0.05) is 31.2 Å². The third-order valence-electron chi connectivity index (χ3n) is 2.99. The molecule has 1 amide bonds. The van der Waals surface area contributed by atoms with Crippen molar-refractivity contribution in [1.82, 2.24) is 4.90 Å². The number of halogens is 3. The minimum Gasteiger partial charge on any atom is -0.404 e. The predicted octanol–water partition coefficient (Wildman–Crippen LogP) is 1.23. The number of likely N-dealkylation sites (tertiary alicyclic amines) is 1. The third kappa shape index (κ3) is 3.13. The number of carbonyl (C=O) groups is 1. The summed E-state index contributed by atoms with van der Waals surface area (Å²) in [5, 5.41) is 8.86. The van der Waals surface area contributed by atoms with Crippen LogP contribution in [0.5, 0.6) is 5.75 Å². The number of aliphatic hydroxyl groups is 1. The number of benzene rings is 1. The second-order valence-corrected chi connectivity index (χ2v) is 4.56. The first-order valence-electron chi connectivity index (χ1n) is 5.85. The second-order valence-electron chi connectivity index (χ2n) is 4.56.